The zero-order chi connectivity index (χ0) is 34.8. The van der Waals surface area contributed by atoms with Gasteiger partial charge in [0.2, 0.25) is 17.6 Å². The Kier molecular flexibility index (Phi) is 9.35. The number of aliphatic imine (C=N–C) groups is 1. The molecule has 1 saturated heterocycles. The molecular formula is C42H42N4O4. The number of benzene rings is 3. The van der Waals surface area contributed by atoms with Crippen molar-refractivity contribution in [1.82, 2.24) is 4.90 Å². The molecule has 8 heteroatoms. The molecule has 3 aromatic carbocycles. The molecule has 0 bridgehead atoms. The van der Waals surface area contributed by atoms with Gasteiger partial charge in [0.15, 0.2) is 0 Å². The van der Waals surface area contributed by atoms with Crippen molar-refractivity contribution in [1.29, 1.82) is 0 Å². The lowest BCUT2D eigenvalue weighted by atomic mass is 9.77. The van der Waals surface area contributed by atoms with Gasteiger partial charge in [0, 0.05) is 61.5 Å². The third-order valence-electron chi connectivity index (χ3n) is 10.1. The molecule has 2 amide bonds. The van der Waals surface area contributed by atoms with Gasteiger partial charge in [0.25, 0.3) is 0 Å². The molecule has 0 spiro atoms. The number of anilines is 2. The van der Waals surface area contributed by atoms with Crippen LogP contribution in [-0.2, 0) is 33.6 Å². The number of hydrogen-bond acceptors (Lipinski definition) is 6. The molecule has 2 N–H and O–H groups in total. The van der Waals surface area contributed by atoms with Gasteiger partial charge < -0.3 is 20.2 Å². The lowest BCUT2D eigenvalue weighted by molar-refractivity contribution is -0.118. The average Bonchev–Trinajstić information content (AvgIpc) is 3.73. The quantitative estimate of drug-likeness (QED) is 0.228. The summed E-state index contributed by atoms with van der Waals surface area (Å²) in [5, 5.41) is 14.8. The topological polar surface area (TPSA) is 102 Å². The first kappa shape index (κ1) is 33.0. The van der Waals surface area contributed by atoms with E-state index in [4.69, 9.17) is 0 Å². The molecule has 4 aliphatic rings. The van der Waals surface area contributed by atoms with Crippen LogP contribution >= 0.6 is 0 Å². The summed E-state index contributed by atoms with van der Waals surface area (Å²) in [7, 11) is 0. The Hall–Kier alpha value is -5.50. The van der Waals surface area contributed by atoms with Crippen LogP contribution in [0.15, 0.2) is 118 Å². The number of carbonyl (C=O) groups excluding carboxylic acids is 3. The Morgan fingerprint density at radius 3 is 2.14 bits per heavy atom. The molecule has 0 radical (unpaired) electrons. The van der Waals surface area contributed by atoms with E-state index in [0.29, 0.717) is 35.4 Å². The predicted molar refractivity (Wildman–Crippen MR) is 198 cm³/mol. The summed E-state index contributed by atoms with van der Waals surface area (Å²) in [5.74, 6) is -0.919. The first-order valence-corrected chi connectivity index (χ1v) is 17.7. The average molecular weight is 667 g/mol. The Labute approximate surface area is 293 Å². The first-order chi connectivity index (χ1) is 24.3. The molecule has 2 aliphatic carbocycles. The molecule has 3 aromatic rings. The Balaban J connectivity index is 1.24. The van der Waals surface area contributed by atoms with Crippen LogP contribution < -0.4 is 10.2 Å². The molecule has 254 valence electrons. The molecule has 7 rings (SSSR count). The maximum absolute atomic E-state index is 14.2. The number of nitrogens with zero attached hydrogens (tertiary/aromatic N) is 3. The highest BCUT2D eigenvalue weighted by Gasteiger charge is 2.41. The van der Waals surface area contributed by atoms with E-state index in [-0.39, 0.29) is 47.3 Å². The van der Waals surface area contributed by atoms with Crippen molar-refractivity contribution < 1.29 is 19.5 Å². The lowest BCUT2D eigenvalue weighted by Crippen LogP contribution is -2.27. The minimum atomic E-state index is -0.328. The number of aryl methyl sites for hydroxylation is 2. The maximum Gasteiger partial charge on any atom is 0.246 e. The number of aliphatic hydroxyl groups excluding tert-OH is 1. The van der Waals surface area contributed by atoms with Gasteiger partial charge in [-0.1, -0.05) is 60.7 Å². The molecule has 8 nitrogen and oxygen atoms in total. The molecule has 2 heterocycles. The molecule has 2 aliphatic heterocycles. The normalized spacial score (nSPS) is 18.9. The minimum absolute atomic E-state index is 0.140. The highest BCUT2D eigenvalue weighted by atomic mass is 16.3. The van der Waals surface area contributed by atoms with Crippen molar-refractivity contribution in [3.05, 3.63) is 135 Å². The SMILES string of the molecule is CCN1CCC2=C/C(=C3\C(=O)C(c4cc5c(cc4NC(=O)CCc4ccccc4)N(CC)CC5)=C3O)C(=NC(=O)CCc3ccccc3)C=C21. The van der Waals surface area contributed by atoms with Crippen LogP contribution in [-0.4, -0.2) is 59.5 Å². The van der Waals surface area contributed by atoms with Gasteiger partial charge in [-0.3, -0.25) is 14.4 Å². The summed E-state index contributed by atoms with van der Waals surface area (Å²) in [4.78, 5) is 49.7. The summed E-state index contributed by atoms with van der Waals surface area (Å²) in [6.45, 7) is 7.50. The van der Waals surface area contributed by atoms with E-state index in [1.54, 1.807) is 0 Å². The van der Waals surface area contributed by atoms with Crippen LogP contribution in [0, 0.1) is 0 Å². The second-order valence-corrected chi connectivity index (χ2v) is 13.1. The standard InChI is InChI=1S/C42H42N4O4/c1-3-45-21-19-29-23-31(33(25-35(29)45)43-37(47)17-15-27-11-7-5-8-12-27)39-41(49)40(42(39)50)32-24-30-20-22-46(4-2)36(30)26-34(32)44-38(48)18-16-28-13-9-6-10-14-28/h5-14,23-26,49H,3-4,15-22H2,1-2H3,(H,43,47)/b40-32+,44-34?. The van der Waals surface area contributed by atoms with Crippen molar-refractivity contribution in [3.63, 3.8) is 0 Å². The van der Waals surface area contributed by atoms with E-state index < -0.39 is 0 Å². The highest BCUT2D eigenvalue weighted by molar-refractivity contribution is 6.42. The molecular weight excluding hydrogens is 624 g/mol. The van der Waals surface area contributed by atoms with Gasteiger partial charge in [-0.2, -0.15) is 0 Å². The van der Waals surface area contributed by atoms with Gasteiger partial charge in [-0.15, -0.1) is 0 Å². The third kappa shape index (κ3) is 6.45. The van der Waals surface area contributed by atoms with Crippen LogP contribution in [0.1, 0.15) is 55.4 Å². The number of likely N-dealkylation sites (N-methyl/N-ethyl adjacent to an activating group) is 2. The number of rotatable bonds is 10. The van der Waals surface area contributed by atoms with Gasteiger partial charge in [0.1, 0.15) is 5.76 Å². The Morgan fingerprint density at radius 2 is 1.48 bits per heavy atom. The van der Waals surface area contributed by atoms with Crippen molar-refractivity contribution in [3.8, 4) is 0 Å². The zero-order valence-corrected chi connectivity index (χ0v) is 28.7. The fourth-order valence-electron chi connectivity index (χ4n) is 7.36. The predicted octanol–water partition coefficient (Wildman–Crippen LogP) is 6.94. The summed E-state index contributed by atoms with van der Waals surface area (Å²) in [6.07, 6.45) is 7.07. The largest absolute Gasteiger partial charge is 0.506 e. The van der Waals surface area contributed by atoms with Crippen LogP contribution in [0.3, 0.4) is 0 Å². The van der Waals surface area contributed by atoms with Gasteiger partial charge in [-0.25, -0.2) is 4.99 Å². The highest BCUT2D eigenvalue weighted by Crippen LogP contribution is 2.45. The summed E-state index contributed by atoms with van der Waals surface area (Å²) in [5.41, 5.74) is 8.48. The van der Waals surface area contributed by atoms with Crippen LogP contribution in [0.2, 0.25) is 0 Å². The Bertz CT molecular complexity index is 2020. The molecule has 0 saturated carbocycles. The van der Waals surface area contributed by atoms with Crippen LogP contribution in [0.25, 0.3) is 5.57 Å². The van der Waals surface area contributed by atoms with Crippen molar-refractivity contribution >= 4 is 40.3 Å². The second kappa shape index (κ2) is 14.2. The van der Waals surface area contributed by atoms with E-state index in [1.807, 2.05) is 84.9 Å². The number of nitrogens with one attached hydrogen (secondary N) is 1. The van der Waals surface area contributed by atoms with Crippen LogP contribution in [0.4, 0.5) is 11.4 Å². The number of amides is 2. The minimum Gasteiger partial charge on any atom is -0.506 e. The lowest BCUT2D eigenvalue weighted by Gasteiger charge is -2.28. The Morgan fingerprint density at radius 1 is 0.820 bits per heavy atom. The molecule has 0 atom stereocenters. The van der Waals surface area contributed by atoms with E-state index in [0.717, 1.165) is 72.7 Å². The van der Waals surface area contributed by atoms with Gasteiger partial charge in [-0.05, 0) is 86.1 Å². The fraction of sp³-hybridized carbons (Fsp3) is 0.286. The number of aliphatic hydroxyl groups is 1. The van der Waals surface area contributed by atoms with E-state index in [2.05, 4.69) is 34.0 Å². The molecule has 1 fully saturated rings. The molecule has 0 unspecified atom stereocenters. The van der Waals surface area contributed by atoms with Crippen molar-refractivity contribution in [2.45, 2.75) is 52.4 Å². The van der Waals surface area contributed by atoms with Crippen molar-refractivity contribution in [2.75, 3.05) is 36.4 Å². The van der Waals surface area contributed by atoms with E-state index in [9.17, 15) is 19.5 Å². The first-order valence-electron chi connectivity index (χ1n) is 17.7. The fourth-order valence-corrected chi connectivity index (χ4v) is 7.36. The smallest absolute Gasteiger partial charge is 0.246 e. The maximum atomic E-state index is 14.2. The number of fused-ring (bicyclic) bond motifs is 2. The summed E-state index contributed by atoms with van der Waals surface area (Å²) >= 11 is 0. The van der Waals surface area contributed by atoms with E-state index >= 15 is 0 Å². The van der Waals surface area contributed by atoms with Gasteiger partial charge >= 0.3 is 0 Å². The number of Topliss-reactive ketones (excluding diaryl/α,β-unsaturated/α-hetero) is 1. The number of allylic oxidation sites excluding steroid dienone is 6. The molecule has 50 heavy (non-hydrogen) atoms. The second-order valence-electron chi connectivity index (χ2n) is 13.1. The summed E-state index contributed by atoms with van der Waals surface area (Å²) in [6, 6.07) is 23.5. The molecule has 0 aromatic heterocycles. The number of likely N-dealkylation sites (tertiary alicyclic amines) is 1. The summed E-state index contributed by atoms with van der Waals surface area (Å²) < 4.78 is 0. The van der Waals surface area contributed by atoms with Gasteiger partial charge in [0.05, 0.1) is 22.5 Å². The number of ketones is 1. The number of hydrogen-bond donors (Lipinski definition) is 2. The van der Waals surface area contributed by atoms with Crippen molar-refractivity contribution in [2.24, 2.45) is 4.99 Å². The monoisotopic (exact) mass is 666 g/mol. The van der Waals surface area contributed by atoms with Crippen LogP contribution in [0.5, 0.6) is 0 Å². The zero-order valence-electron chi connectivity index (χ0n) is 28.7. The number of carbonyl (C=O) groups is 3. The third-order valence-corrected chi connectivity index (χ3v) is 10.1. The van der Waals surface area contributed by atoms with E-state index in [1.165, 1.54) is 0 Å².